The zero-order valence-corrected chi connectivity index (χ0v) is 32.9. The zero-order valence-electron chi connectivity index (χ0n) is 31.3. The van der Waals surface area contributed by atoms with Crippen LogP contribution in [-0.4, -0.2) is 61.7 Å². The van der Waals surface area contributed by atoms with Crippen LogP contribution in [-0.2, 0) is 43.6 Å². The van der Waals surface area contributed by atoms with E-state index in [2.05, 4.69) is 89.8 Å². The van der Waals surface area contributed by atoms with Gasteiger partial charge >= 0.3 is 0 Å². The number of piperidine rings is 2. The summed E-state index contributed by atoms with van der Waals surface area (Å²) in [6, 6.07) is 4.43. The van der Waals surface area contributed by atoms with Crippen molar-refractivity contribution in [1.29, 1.82) is 0 Å². The summed E-state index contributed by atoms with van der Waals surface area (Å²) in [5.74, 6) is 1.25. The number of rotatable bonds is 10. The van der Waals surface area contributed by atoms with E-state index < -0.39 is 0 Å². The summed E-state index contributed by atoms with van der Waals surface area (Å²) in [5, 5.41) is 2.12. The highest BCUT2D eigenvalue weighted by Gasteiger charge is 2.28. The molecule has 9 heteroatoms. The maximum atomic E-state index is 11.3. The third-order valence-corrected chi connectivity index (χ3v) is 12.4. The molecule has 0 aromatic carbocycles. The highest BCUT2D eigenvalue weighted by molar-refractivity contribution is 7.11. The molecule has 0 spiro atoms. The molecule has 0 radical (unpaired) electrons. The van der Waals surface area contributed by atoms with E-state index in [9.17, 15) is 4.79 Å². The van der Waals surface area contributed by atoms with Crippen molar-refractivity contribution >= 4 is 40.6 Å². The number of thiazole rings is 2. The number of carbonyl (C=O) groups is 1. The summed E-state index contributed by atoms with van der Waals surface area (Å²) in [4.78, 5) is 37.9. The molecular formula is C43H52N6OS2. The van der Waals surface area contributed by atoms with Gasteiger partial charge in [-0.2, -0.15) is 0 Å². The van der Waals surface area contributed by atoms with E-state index in [4.69, 9.17) is 9.97 Å². The Morgan fingerprint density at radius 3 is 1.71 bits per heavy atom. The normalized spacial score (nSPS) is 19.7. The number of aromatic nitrogens is 4. The van der Waals surface area contributed by atoms with Crippen LogP contribution in [0.25, 0.3) is 12.2 Å². The maximum Gasteiger partial charge on any atom is 0.136 e. The van der Waals surface area contributed by atoms with Gasteiger partial charge in [0.05, 0.1) is 11.4 Å². The molecule has 8 rings (SSSR count). The van der Waals surface area contributed by atoms with Crippen molar-refractivity contribution in [1.82, 2.24) is 29.7 Å². The highest BCUT2D eigenvalue weighted by atomic mass is 32.1. The molecule has 2 fully saturated rings. The Morgan fingerprint density at radius 2 is 1.25 bits per heavy atom. The Labute approximate surface area is 317 Å². The first kappa shape index (κ1) is 36.7. The molecule has 4 aliphatic rings. The van der Waals surface area contributed by atoms with E-state index in [1.165, 1.54) is 86.2 Å². The minimum Gasteiger partial charge on any atom is -0.300 e. The van der Waals surface area contributed by atoms with Gasteiger partial charge in [-0.1, -0.05) is 36.5 Å². The van der Waals surface area contributed by atoms with Crippen LogP contribution >= 0.6 is 22.7 Å². The zero-order chi connectivity index (χ0) is 36.2. The largest absolute Gasteiger partial charge is 0.300 e. The lowest BCUT2D eigenvalue weighted by Crippen LogP contribution is -2.34. The maximum absolute atomic E-state index is 11.3. The molecule has 2 saturated heterocycles. The molecule has 2 atom stereocenters. The molecule has 2 unspecified atom stereocenters. The molecule has 7 nitrogen and oxygen atoms in total. The molecule has 2 aliphatic heterocycles. The molecule has 272 valence electrons. The predicted octanol–water partition coefficient (Wildman–Crippen LogP) is 8.84. The Morgan fingerprint density at radius 1 is 0.769 bits per heavy atom. The summed E-state index contributed by atoms with van der Waals surface area (Å²) in [6.07, 6.45) is 21.4. The Hall–Kier alpha value is -3.63. The standard InChI is InChI=1S/C22H27N3S.C21H25N3OS/c1-15(2)10-21-23-12-19(26-21)14-25-9-5-7-18(13-25)22-20-8-4-6-17(20)11-16(3)24-22;1-14-9-16-5-3-7-19(16)21(23-14)17-6-4-8-24(12-17)13-18-11-22-20(26-18)10-15(2)25/h4,6,11-12,18H,1,5,7-10,13-14H2,2-3H3;3,5,9,11,17H,4,6-8,10,12-13H2,1-2H3. The number of hydrogen-bond acceptors (Lipinski definition) is 9. The smallest absolute Gasteiger partial charge is 0.136 e. The molecule has 2 aliphatic carbocycles. The quantitative estimate of drug-likeness (QED) is 0.151. The Bertz CT molecular complexity index is 1850. The van der Waals surface area contributed by atoms with Gasteiger partial charge in [0, 0.05) is 89.4 Å². The van der Waals surface area contributed by atoms with Gasteiger partial charge < -0.3 is 0 Å². The van der Waals surface area contributed by atoms with Crippen LogP contribution in [0.1, 0.15) is 116 Å². The van der Waals surface area contributed by atoms with Crippen LogP contribution in [0.3, 0.4) is 0 Å². The van der Waals surface area contributed by atoms with Crippen LogP contribution < -0.4 is 0 Å². The minimum atomic E-state index is 0.178. The summed E-state index contributed by atoms with van der Waals surface area (Å²) in [5.41, 5.74) is 11.8. The fourth-order valence-electron chi connectivity index (χ4n) is 8.29. The number of fused-ring (bicyclic) bond motifs is 2. The van der Waals surface area contributed by atoms with Crippen LogP contribution in [0, 0.1) is 13.8 Å². The van der Waals surface area contributed by atoms with Gasteiger partial charge in [0.2, 0.25) is 0 Å². The summed E-state index contributed by atoms with van der Waals surface area (Å²) in [7, 11) is 0. The monoisotopic (exact) mass is 732 g/mol. The number of pyridine rings is 2. The molecule has 4 aromatic heterocycles. The average Bonchev–Trinajstić information content (AvgIpc) is 3.93. The second-order valence-electron chi connectivity index (χ2n) is 15.2. The first-order valence-electron chi connectivity index (χ1n) is 19.0. The first-order chi connectivity index (χ1) is 25.2. The third-order valence-electron chi connectivity index (χ3n) is 10.5. The average molecular weight is 733 g/mol. The van der Waals surface area contributed by atoms with E-state index in [0.29, 0.717) is 18.3 Å². The van der Waals surface area contributed by atoms with Crippen molar-refractivity contribution in [2.45, 2.75) is 104 Å². The number of carbonyl (C=O) groups excluding carboxylic acids is 1. The molecule has 4 aromatic rings. The molecule has 0 bridgehead atoms. The van der Waals surface area contributed by atoms with Crippen molar-refractivity contribution in [2.75, 3.05) is 26.2 Å². The summed E-state index contributed by atoms with van der Waals surface area (Å²) >= 11 is 3.51. The number of nitrogens with zero attached hydrogens (tertiary/aromatic N) is 6. The Kier molecular flexibility index (Phi) is 11.7. The molecule has 52 heavy (non-hydrogen) atoms. The summed E-state index contributed by atoms with van der Waals surface area (Å²) in [6.45, 7) is 18.3. The second-order valence-corrected chi connectivity index (χ2v) is 17.6. The van der Waals surface area contributed by atoms with Gasteiger partial charge in [0.1, 0.15) is 10.8 Å². The van der Waals surface area contributed by atoms with Crippen molar-refractivity contribution < 1.29 is 4.79 Å². The van der Waals surface area contributed by atoms with E-state index in [-0.39, 0.29) is 5.78 Å². The third kappa shape index (κ3) is 9.11. The van der Waals surface area contributed by atoms with Crippen molar-refractivity contribution in [3.8, 4) is 0 Å². The van der Waals surface area contributed by atoms with Crippen LogP contribution in [0.2, 0.25) is 0 Å². The topological polar surface area (TPSA) is 75.1 Å². The molecule has 6 heterocycles. The van der Waals surface area contributed by atoms with Crippen LogP contribution in [0.15, 0.2) is 48.8 Å². The van der Waals surface area contributed by atoms with Crippen LogP contribution in [0.4, 0.5) is 0 Å². The lowest BCUT2D eigenvalue weighted by atomic mass is 9.90. The van der Waals surface area contributed by atoms with Crippen LogP contribution in [0.5, 0.6) is 0 Å². The highest BCUT2D eigenvalue weighted by Crippen LogP contribution is 2.35. The molecule has 0 saturated carbocycles. The number of ketones is 1. The minimum absolute atomic E-state index is 0.178. The summed E-state index contributed by atoms with van der Waals surface area (Å²) < 4.78 is 0. The van der Waals surface area contributed by atoms with Crippen molar-refractivity contribution in [2.24, 2.45) is 0 Å². The number of likely N-dealkylation sites (tertiary alicyclic amines) is 2. The van der Waals surface area contributed by atoms with E-state index in [0.717, 1.165) is 68.4 Å². The Balaban J connectivity index is 0.000000162. The van der Waals surface area contributed by atoms with Gasteiger partial charge in [0.15, 0.2) is 0 Å². The SMILES string of the molecule is C=C(C)Cc1ncc(CN2CCCC(c3nc(C)cc4c3CC=C4)C2)s1.CC(=O)Cc1ncc(CN2CCCC(c3nc(C)cc4c3CC=C4)C2)s1. The fourth-order valence-corrected chi connectivity index (χ4v) is 10.4. The van der Waals surface area contributed by atoms with Gasteiger partial charge in [0.25, 0.3) is 0 Å². The predicted molar refractivity (Wildman–Crippen MR) is 215 cm³/mol. The van der Waals surface area contributed by atoms with Gasteiger partial charge in [-0.3, -0.25) is 24.6 Å². The van der Waals surface area contributed by atoms with Gasteiger partial charge in [-0.15, -0.1) is 22.7 Å². The van der Waals surface area contributed by atoms with E-state index >= 15 is 0 Å². The number of allylic oxidation sites excluding steroid dienone is 3. The number of aryl methyl sites for hydroxylation is 2. The lowest BCUT2D eigenvalue weighted by molar-refractivity contribution is -0.116. The second kappa shape index (κ2) is 16.6. The van der Waals surface area contributed by atoms with Crippen molar-refractivity contribution in [3.05, 3.63) is 114 Å². The number of hydrogen-bond donors (Lipinski definition) is 0. The van der Waals surface area contributed by atoms with Gasteiger partial charge in [-0.05, 0) is 114 Å². The fraction of sp³-hybridized carbons (Fsp3) is 0.465. The van der Waals surface area contributed by atoms with E-state index in [1.807, 2.05) is 17.5 Å². The number of Topliss-reactive ketones (excluding diaryl/α,β-unsaturated/α-hetero) is 1. The first-order valence-corrected chi connectivity index (χ1v) is 20.6. The van der Waals surface area contributed by atoms with Crippen molar-refractivity contribution in [3.63, 3.8) is 0 Å². The molecule has 0 N–H and O–H groups in total. The molecular weight excluding hydrogens is 681 g/mol. The lowest BCUT2D eigenvalue weighted by Gasteiger charge is -2.33. The molecule has 0 amide bonds. The van der Waals surface area contributed by atoms with E-state index in [1.54, 1.807) is 18.3 Å². The van der Waals surface area contributed by atoms with Gasteiger partial charge in [-0.25, -0.2) is 9.97 Å².